The molecule has 0 saturated heterocycles. The lowest BCUT2D eigenvalue weighted by molar-refractivity contribution is 0.341. The summed E-state index contributed by atoms with van der Waals surface area (Å²) in [6, 6.07) is 12.2. The Kier molecular flexibility index (Phi) is 6.16. The molecule has 0 aliphatic carbocycles. The molecule has 0 radical (unpaired) electrons. The summed E-state index contributed by atoms with van der Waals surface area (Å²) in [6.07, 6.45) is 0. The summed E-state index contributed by atoms with van der Waals surface area (Å²) in [5, 5.41) is 9.90. The average Bonchev–Trinajstić information content (AvgIpc) is 3.04. The van der Waals surface area contributed by atoms with Crippen molar-refractivity contribution >= 4 is 23.4 Å². The summed E-state index contributed by atoms with van der Waals surface area (Å²) in [6.45, 7) is 5.31. The lowest BCUT2D eigenvalue weighted by atomic mass is 10.2. The first-order valence-corrected chi connectivity index (χ1v) is 9.72. The fraction of sp³-hybridized carbons (Fsp3) is 0.263. The van der Waals surface area contributed by atoms with E-state index < -0.39 is 0 Å². The van der Waals surface area contributed by atoms with Gasteiger partial charge >= 0.3 is 0 Å². The van der Waals surface area contributed by atoms with Crippen LogP contribution < -0.4 is 4.74 Å². The van der Waals surface area contributed by atoms with E-state index in [4.69, 9.17) is 16.3 Å². The predicted molar refractivity (Wildman–Crippen MR) is 103 cm³/mol. The van der Waals surface area contributed by atoms with Crippen LogP contribution in [0.3, 0.4) is 0 Å². The molecular weight excluding hydrogens is 373 g/mol. The van der Waals surface area contributed by atoms with Crippen LogP contribution >= 0.6 is 23.4 Å². The Bertz CT molecular complexity index is 900. The van der Waals surface area contributed by atoms with Crippen LogP contribution in [0.25, 0.3) is 11.4 Å². The second-order valence-corrected chi connectivity index (χ2v) is 6.85. The molecule has 2 aromatic carbocycles. The fourth-order valence-corrected chi connectivity index (χ4v) is 3.91. The number of thioether (sulfide) groups is 1. The quantitative estimate of drug-likeness (QED) is 0.502. The Morgan fingerprint density at radius 3 is 2.69 bits per heavy atom. The molecular formula is C19H19ClFN3OS. The standard InChI is InChI=1S/C19H19ClFN3OS/c1-3-24-18(15-7-5-6-8-17(15)25-4-2)22-23-19(24)26-12-13-9-10-14(21)11-16(13)20/h5-11H,3-4,12H2,1-2H3. The van der Waals surface area contributed by atoms with Crippen LogP contribution in [-0.4, -0.2) is 21.4 Å². The second-order valence-electron chi connectivity index (χ2n) is 5.50. The van der Waals surface area contributed by atoms with Gasteiger partial charge in [0.1, 0.15) is 11.6 Å². The maximum atomic E-state index is 13.2. The molecule has 0 atom stereocenters. The van der Waals surface area contributed by atoms with Crippen molar-refractivity contribution in [2.45, 2.75) is 31.3 Å². The minimum Gasteiger partial charge on any atom is -0.493 e. The molecule has 0 fully saturated rings. The smallest absolute Gasteiger partial charge is 0.191 e. The van der Waals surface area contributed by atoms with Crippen molar-refractivity contribution in [3.63, 3.8) is 0 Å². The molecule has 0 spiro atoms. The molecule has 136 valence electrons. The molecule has 3 aromatic rings. The van der Waals surface area contributed by atoms with Crippen LogP contribution in [0, 0.1) is 5.82 Å². The van der Waals surface area contributed by atoms with E-state index in [1.165, 1.54) is 23.9 Å². The Morgan fingerprint density at radius 1 is 1.15 bits per heavy atom. The number of hydrogen-bond acceptors (Lipinski definition) is 4. The SMILES string of the molecule is CCOc1ccccc1-c1nnc(SCc2ccc(F)cc2Cl)n1CC. The summed E-state index contributed by atoms with van der Waals surface area (Å²) in [7, 11) is 0. The van der Waals surface area contributed by atoms with Gasteiger partial charge in [-0.25, -0.2) is 4.39 Å². The van der Waals surface area contributed by atoms with Crippen LogP contribution in [0.15, 0.2) is 47.6 Å². The van der Waals surface area contributed by atoms with Crippen LogP contribution in [-0.2, 0) is 12.3 Å². The van der Waals surface area contributed by atoms with Gasteiger partial charge in [-0.15, -0.1) is 10.2 Å². The van der Waals surface area contributed by atoms with Crippen molar-refractivity contribution in [2.24, 2.45) is 0 Å². The molecule has 0 aliphatic heterocycles. The molecule has 26 heavy (non-hydrogen) atoms. The third kappa shape index (κ3) is 4.02. The van der Waals surface area contributed by atoms with E-state index in [2.05, 4.69) is 10.2 Å². The van der Waals surface area contributed by atoms with Crippen molar-refractivity contribution < 1.29 is 9.13 Å². The van der Waals surface area contributed by atoms with Crippen LogP contribution in [0.1, 0.15) is 19.4 Å². The third-order valence-corrected chi connectivity index (χ3v) is 5.20. The van der Waals surface area contributed by atoms with E-state index in [0.29, 0.717) is 17.4 Å². The maximum absolute atomic E-state index is 13.2. The van der Waals surface area contributed by atoms with Gasteiger partial charge < -0.3 is 9.30 Å². The zero-order valence-corrected chi connectivity index (χ0v) is 16.1. The minimum absolute atomic E-state index is 0.338. The van der Waals surface area contributed by atoms with Gasteiger partial charge in [0.15, 0.2) is 11.0 Å². The molecule has 1 aromatic heterocycles. The highest BCUT2D eigenvalue weighted by molar-refractivity contribution is 7.98. The first-order valence-electron chi connectivity index (χ1n) is 8.36. The second kappa shape index (κ2) is 8.56. The minimum atomic E-state index is -0.338. The fourth-order valence-electron chi connectivity index (χ4n) is 2.59. The summed E-state index contributed by atoms with van der Waals surface area (Å²) in [4.78, 5) is 0. The molecule has 3 rings (SSSR count). The Morgan fingerprint density at radius 2 is 1.96 bits per heavy atom. The average molecular weight is 392 g/mol. The lowest BCUT2D eigenvalue weighted by Crippen LogP contribution is -2.02. The molecule has 0 N–H and O–H groups in total. The number of ether oxygens (including phenoxy) is 1. The monoisotopic (exact) mass is 391 g/mol. The van der Waals surface area contributed by atoms with E-state index in [1.54, 1.807) is 6.07 Å². The van der Waals surface area contributed by atoms with Crippen LogP contribution in [0.5, 0.6) is 5.75 Å². The Labute approximate surface area is 161 Å². The number of halogens is 2. The van der Waals surface area contributed by atoms with Gasteiger partial charge in [0.2, 0.25) is 0 Å². The topological polar surface area (TPSA) is 39.9 Å². The summed E-state index contributed by atoms with van der Waals surface area (Å²) in [5.41, 5.74) is 1.77. The predicted octanol–water partition coefficient (Wildman–Crippen LogP) is 5.45. The van der Waals surface area contributed by atoms with Gasteiger partial charge in [0.25, 0.3) is 0 Å². The number of hydrogen-bond donors (Lipinski definition) is 0. The number of aromatic nitrogens is 3. The van der Waals surface area contributed by atoms with Gasteiger partial charge in [-0.2, -0.15) is 0 Å². The highest BCUT2D eigenvalue weighted by Gasteiger charge is 2.17. The van der Waals surface area contributed by atoms with E-state index in [0.717, 1.165) is 34.4 Å². The molecule has 1 heterocycles. The zero-order chi connectivity index (χ0) is 18.5. The van der Waals surface area contributed by atoms with E-state index in [-0.39, 0.29) is 5.82 Å². The Hall–Kier alpha value is -2.05. The van der Waals surface area contributed by atoms with Crippen molar-refractivity contribution in [1.29, 1.82) is 0 Å². The molecule has 7 heteroatoms. The largest absolute Gasteiger partial charge is 0.493 e. The normalized spacial score (nSPS) is 10.9. The van der Waals surface area contributed by atoms with Gasteiger partial charge in [-0.05, 0) is 43.7 Å². The van der Waals surface area contributed by atoms with Crippen molar-refractivity contribution in [3.05, 3.63) is 58.9 Å². The molecule has 0 amide bonds. The summed E-state index contributed by atoms with van der Waals surface area (Å²) < 4.78 is 20.9. The van der Waals surface area contributed by atoms with Gasteiger partial charge in [0, 0.05) is 17.3 Å². The third-order valence-electron chi connectivity index (χ3n) is 3.83. The Balaban J connectivity index is 1.87. The van der Waals surface area contributed by atoms with Crippen LogP contribution in [0.2, 0.25) is 5.02 Å². The molecule has 4 nitrogen and oxygen atoms in total. The summed E-state index contributed by atoms with van der Waals surface area (Å²) in [5.74, 6) is 1.81. The van der Waals surface area contributed by atoms with Crippen LogP contribution in [0.4, 0.5) is 4.39 Å². The molecule has 0 aliphatic rings. The van der Waals surface area contributed by atoms with Crippen molar-refractivity contribution in [2.75, 3.05) is 6.61 Å². The zero-order valence-electron chi connectivity index (χ0n) is 14.6. The summed E-state index contributed by atoms with van der Waals surface area (Å²) >= 11 is 7.63. The van der Waals surface area contributed by atoms with Gasteiger partial charge in [-0.1, -0.05) is 41.6 Å². The van der Waals surface area contributed by atoms with Crippen molar-refractivity contribution in [3.8, 4) is 17.1 Å². The number of nitrogens with zero attached hydrogens (tertiary/aromatic N) is 3. The van der Waals surface area contributed by atoms with E-state index in [9.17, 15) is 4.39 Å². The molecule has 0 unspecified atom stereocenters. The number of benzene rings is 2. The highest BCUT2D eigenvalue weighted by Crippen LogP contribution is 2.32. The number of para-hydroxylation sites is 1. The van der Waals surface area contributed by atoms with Gasteiger partial charge in [-0.3, -0.25) is 0 Å². The number of rotatable bonds is 7. The first kappa shape index (κ1) is 18.7. The lowest BCUT2D eigenvalue weighted by Gasteiger charge is -2.11. The maximum Gasteiger partial charge on any atom is 0.191 e. The van der Waals surface area contributed by atoms with Gasteiger partial charge in [0.05, 0.1) is 12.2 Å². The highest BCUT2D eigenvalue weighted by atomic mass is 35.5. The van der Waals surface area contributed by atoms with Crippen molar-refractivity contribution in [1.82, 2.24) is 14.8 Å². The van der Waals surface area contributed by atoms with E-state index in [1.807, 2.05) is 42.7 Å². The first-order chi connectivity index (χ1) is 12.6. The van der Waals surface area contributed by atoms with E-state index >= 15 is 0 Å². The molecule has 0 bridgehead atoms. The molecule has 0 saturated carbocycles.